The van der Waals surface area contributed by atoms with E-state index < -0.39 is 0 Å². The summed E-state index contributed by atoms with van der Waals surface area (Å²) < 4.78 is 2.34. The summed E-state index contributed by atoms with van der Waals surface area (Å²) in [6.45, 7) is 3.15. The van der Waals surface area contributed by atoms with Gasteiger partial charge in [-0.15, -0.1) is 0 Å². The molecule has 0 saturated carbocycles. The molecule has 1 aromatic carbocycles. The number of nitrogens with zero attached hydrogens (tertiary/aromatic N) is 1. The molecule has 2 aromatic rings. The van der Waals surface area contributed by atoms with Crippen LogP contribution < -0.4 is 5.32 Å². The Balaban J connectivity index is 2.40. The Kier molecular flexibility index (Phi) is 1.43. The molecule has 2 heteroatoms. The average Bonchev–Trinajstić information content (AvgIpc) is 2.44. The minimum absolute atomic E-state index is 1.00. The summed E-state index contributed by atoms with van der Waals surface area (Å²) in [5.74, 6) is 0. The fraction of sp³-hybridized carbons (Fsp3) is 0.273. The van der Waals surface area contributed by atoms with E-state index >= 15 is 0 Å². The van der Waals surface area contributed by atoms with Crippen molar-refractivity contribution in [3.8, 4) is 0 Å². The lowest BCUT2D eigenvalue weighted by molar-refractivity contribution is 0.632. The van der Waals surface area contributed by atoms with Crippen molar-refractivity contribution in [1.82, 2.24) is 9.88 Å². The minimum Gasteiger partial charge on any atom is -0.346 e. The molecule has 3 rings (SSSR count). The van der Waals surface area contributed by atoms with E-state index in [0.717, 1.165) is 19.6 Å². The predicted molar refractivity (Wildman–Crippen MR) is 53.6 cm³/mol. The molecule has 0 bridgehead atoms. The topological polar surface area (TPSA) is 17.0 Å². The normalized spacial score (nSPS) is 16.0. The van der Waals surface area contributed by atoms with Gasteiger partial charge in [0.05, 0.1) is 5.52 Å². The summed E-state index contributed by atoms with van der Waals surface area (Å²) in [4.78, 5) is 0. The number of rotatable bonds is 0. The van der Waals surface area contributed by atoms with E-state index in [9.17, 15) is 0 Å². The lowest BCUT2D eigenvalue weighted by atomic mass is 10.1. The maximum atomic E-state index is 3.42. The highest BCUT2D eigenvalue weighted by Crippen LogP contribution is 2.21. The zero-order chi connectivity index (χ0) is 8.67. The van der Waals surface area contributed by atoms with Gasteiger partial charge in [-0.05, 0) is 17.0 Å². The van der Waals surface area contributed by atoms with Gasteiger partial charge in [0.1, 0.15) is 0 Å². The first-order valence-electron chi connectivity index (χ1n) is 4.72. The molecule has 0 radical (unpaired) electrons. The van der Waals surface area contributed by atoms with E-state index in [0.29, 0.717) is 0 Å². The lowest BCUT2D eigenvalue weighted by Gasteiger charge is -2.02. The summed E-state index contributed by atoms with van der Waals surface area (Å²) in [6.07, 6.45) is 2.18. The molecule has 2 heterocycles. The molecule has 1 aliphatic heterocycles. The molecule has 13 heavy (non-hydrogen) atoms. The predicted octanol–water partition coefficient (Wildman–Crippen LogP) is 1.74. The van der Waals surface area contributed by atoms with Crippen LogP contribution >= 0.6 is 0 Å². The van der Waals surface area contributed by atoms with Crippen molar-refractivity contribution >= 4 is 10.9 Å². The van der Waals surface area contributed by atoms with Gasteiger partial charge in [0.25, 0.3) is 0 Å². The van der Waals surface area contributed by atoms with Crippen molar-refractivity contribution in [2.75, 3.05) is 6.54 Å². The van der Waals surface area contributed by atoms with Crippen LogP contribution in [0.25, 0.3) is 10.9 Å². The zero-order valence-corrected chi connectivity index (χ0v) is 7.46. The second-order valence-electron chi connectivity index (χ2n) is 3.54. The van der Waals surface area contributed by atoms with Crippen molar-refractivity contribution < 1.29 is 0 Å². The van der Waals surface area contributed by atoms with Crippen molar-refractivity contribution in [1.29, 1.82) is 0 Å². The lowest BCUT2D eigenvalue weighted by Crippen LogP contribution is -2.15. The maximum Gasteiger partial charge on any atom is 0.0526 e. The van der Waals surface area contributed by atoms with Crippen LogP contribution in [0.2, 0.25) is 0 Å². The number of hydrogen-bond donors (Lipinski definition) is 1. The van der Waals surface area contributed by atoms with Crippen LogP contribution in [0.15, 0.2) is 30.5 Å². The average molecular weight is 172 g/mol. The number of nitrogens with one attached hydrogen (secondary N) is 1. The Morgan fingerprint density at radius 2 is 2.23 bits per heavy atom. The van der Waals surface area contributed by atoms with Gasteiger partial charge >= 0.3 is 0 Å². The molecule has 1 N–H and O–H groups in total. The first kappa shape index (κ1) is 7.15. The quantitative estimate of drug-likeness (QED) is 0.640. The molecule has 0 atom stereocenters. The summed E-state index contributed by atoms with van der Waals surface area (Å²) in [6, 6.07) is 8.72. The monoisotopic (exact) mass is 172 g/mol. The molecule has 0 unspecified atom stereocenters. The summed E-state index contributed by atoms with van der Waals surface area (Å²) in [5, 5.41) is 4.78. The first-order valence-corrected chi connectivity index (χ1v) is 4.72. The number of benzene rings is 1. The fourth-order valence-corrected chi connectivity index (χ4v) is 2.09. The minimum atomic E-state index is 1.00. The zero-order valence-electron chi connectivity index (χ0n) is 7.46. The van der Waals surface area contributed by atoms with E-state index in [2.05, 4.69) is 40.3 Å². The number of hydrogen-bond acceptors (Lipinski definition) is 1. The van der Waals surface area contributed by atoms with Crippen LogP contribution in [0.1, 0.15) is 5.56 Å². The summed E-state index contributed by atoms with van der Waals surface area (Å²) in [7, 11) is 0. The Bertz CT molecular complexity index is 442. The van der Waals surface area contributed by atoms with Gasteiger partial charge in [-0.1, -0.05) is 18.2 Å². The Labute approximate surface area is 77.2 Å². The smallest absolute Gasteiger partial charge is 0.0526 e. The highest BCUT2D eigenvalue weighted by atomic mass is 15.0. The van der Waals surface area contributed by atoms with E-state index in [4.69, 9.17) is 0 Å². The third kappa shape index (κ3) is 0.988. The highest BCUT2D eigenvalue weighted by Gasteiger charge is 2.08. The molecule has 66 valence electrons. The Morgan fingerprint density at radius 3 is 3.23 bits per heavy atom. The molecular weight excluding hydrogens is 160 g/mol. The third-order valence-corrected chi connectivity index (χ3v) is 2.72. The van der Waals surface area contributed by atoms with Gasteiger partial charge in [-0.2, -0.15) is 0 Å². The molecule has 0 spiro atoms. The molecule has 0 aliphatic carbocycles. The standard InChI is InChI=1S/C11H12N2/c1-2-9-4-6-13-7-5-12-8-10(3-1)11(9)13/h1-4,6,12H,5,7-8H2. The second-order valence-corrected chi connectivity index (χ2v) is 3.54. The van der Waals surface area contributed by atoms with E-state index in [1.165, 1.54) is 16.5 Å². The van der Waals surface area contributed by atoms with Crippen LogP contribution in [0.5, 0.6) is 0 Å². The molecule has 2 nitrogen and oxygen atoms in total. The highest BCUT2D eigenvalue weighted by molar-refractivity contribution is 5.83. The largest absolute Gasteiger partial charge is 0.346 e. The van der Waals surface area contributed by atoms with Gasteiger partial charge in [0.2, 0.25) is 0 Å². The van der Waals surface area contributed by atoms with E-state index in [1.54, 1.807) is 0 Å². The van der Waals surface area contributed by atoms with E-state index in [-0.39, 0.29) is 0 Å². The van der Waals surface area contributed by atoms with Gasteiger partial charge in [0, 0.05) is 25.8 Å². The Hall–Kier alpha value is -1.28. The number of para-hydroxylation sites is 1. The van der Waals surface area contributed by atoms with Crippen molar-refractivity contribution in [3.05, 3.63) is 36.0 Å². The third-order valence-electron chi connectivity index (χ3n) is 2.72. The van der Waals surface area contributed by atoms with Crippen molar-refractivity contribution in [3.63, 3.8) is 0 Å². The van der Waals surface area contributed by atoms with Crippen LogP contribution in [0, 0.1) is 0 Å². The van der Waals surface area contributed by atoms with Gasteiger partial charge in [-0.3, -0.25) is 0 Å². The number of aromatic nitrogens is 1. The molecule has 1 aromatic heterocycles. The van der Waals surface area contributed by atoms with Crippen LogP contribution in [0.4, 0.5) is 0 Å². The molecule has 0 amide bonds. The fourth-order valence-electron chi connectivity index (χ4n) is 2.09. The summed E-state index contributed by atoms with van der Waals surface area (Å²) >= 11 is 0. The van der Waals surface area contributed by atoms with Crippen LogP contribution in [-0.4, -0.2) is 11.1 Å². The Morgan fingerprint density at radius 1 is 1.23 bits per heavy atom. The first-order chi connectivity index (χ1) is 6.45. The van der Waals surface area contributed by atoms with Crippen LogP contribution in [0.3, 0.4) is 0 Å². The molecule has 0 fully saturated rings. The second kappa shape index (κ2) is 2.60. The van der Waals surface area contributed by atoms with Gasteiger partial charge < -0.3 is 9.88 Å². The maximum absolute atomic E-state index is 3.42. The van der Waals surface area contributed by atoms with Crippen LogP contribution in [-0.2, 0) is 13.1 Å². The van der Waals surface area contributed by atoms with Gasteiger partial charge in [-0.25, -0.2) is 0 Å². The van der Waals surface area contributed by atoms with Gasteiger partial charge in [0.15, 0.2) is 0 Å². The van der Waals surface area contributed by atoms with Crippen molar-refractivity contribution in [2.24, 2.45) is 0 Å². The molecule has 1 aliphatic rings. The van der Waals surface area contributed by atoms with E-state index in [1.807, 2.05) is 0 Å². The molecular formula is C11H12N2. The summed E-state index contributed by atoms with van der Waals surface area (Å²) in [5.41, 5.74) is 2.83. The SMILES string of the molecule is c1cc2c3c(c1)ccn3CCNC2. The molecule has 0 saturated heterocycles. The van der Waals surface area contributed by atoms with Crippen molar-refractivity contribution in [2.45, 2.75) is 13.1 Å².